The minimum atomic E-state index is 0.0910. The summed E-state index contributed by atoms with van der Waals surface area (Å²) >= 11 is 0. The second kappa shape index (κ2) is 3.53. The third-order valence-electron chi connectivity index (χ3n) is 4.04. The van der Waals surface area contributed by atoms with Gasteiger partial charge in [-0.25, -0.2) is 0 Å². The zero-order valence-corrected chi connectivity index (χ0v) is 9.86. The van der Waals surface area contributed by atoms with Crippen LogP contribution in [-0.2, 0) is 5.41 Å². The highest BCUT2D eigenvalue weighted by Gasteiger charge is 2.50. The molecule has 2 aliphatic rings. The molecule has 1 N–H and O–H groups in total. The van der Waals surface area contributed by atoms with Crippen LogP contribution >= 0.6 is 0 Å². The second-order valence-corrected chi connectivity index (χ2v) is 5.14. The van der Waals surface area contributed by atoms with Crippen LogP contribution in [0.2, 0.25) is 0 Å². The van der Waals surface area contributed by atoms with Gasteiger partial charge in [-0.1, -0.05) is 5.16 Å². The third kappa shape index (κ3) is 1.38. The molecule has 2 saturated heterocycles. The van der Waals surface area contributed by atoms with E-state index in [4.69, 9.17) is 4.52 Å². The number of aromatic nitrogens is 2. The van der Waals surface area contributed by atoms with Crippen LogP contribution in [0.15, 0.2) is 4.52 Å². The molecular formula is C11H18N4O. The van der Waals surface area contributed by atoms with E-state index in [0.29, 0.717) is 5.92 Å². The van der Waals surface area contributed by atoms with Gasteiger partial charge < -0.3 is 14.7 Å². The highest BCUT2D eigenvalue weighted by atomic mass is 16.5. The van der Waals surface area contributed by atoms with Gasteiger partial charge in [0, 0.05) is 19.6 Å². The Morgan fingerprint density at radius 3 is 3.19 bits per heavy atom. The van der Waals surface area contributed by atoms with Gasteiger partial charge in [-0.3, -0.25) is 0 Å². The van der Waals surface area contributed by atoms with Crippen molar-refractivity contribution < 1.29 is 4.52 Å². The van der Waals surface area contributed by atoms with Gasteiger partial charge in [0.05, 0.1) is 5.41 Å². The lowest BCUT2D eigenvalue weighted by atomic mass is 9.72. The van der Waals surface area contributed by atoms with E-state index in [1.54, 1.807) is 0 Å². The number of nitrogens with one attached hydrogen (secondary N) is 1. The molecule has 3 heterocycles. The van der Waals surface area contributed by atoms with Crippen molar-refractivity contribution in [3.8, 4) is 0 Å². The smallest absolute Gasteiger partial charge is 0.234 e. The monoisotopic (exact) mass is 222 g/mol. The van der Waals surface area contributed by atoms with E-state index in [2.05, 4.69) is 27.4 Å². The molecule has 0 spiro atoms. The van der Waals surface area contributed by atoms with E-state index in [1.807, 2.05) is 6.92 Å². The van der Waals surface area contributed by atoms with Crippen molar-refractivity contribution in [3.05, 3.63) is 11.7 Å². The molecule has 0 amide bonds. The Labute approximate surface area is 95.2 Å². The predicted molar refractivity (Wildman–Crippen MR) is 59.2 cm³/mol. The van der Waals surface area contributed by atoms with E-state index in [0.717, 1.165) is 44.3 Å². The predicted octanol–water partition coefficient (Wildman–Crippen LogP) is 0.171. The first kappa shape index (κ1) is 10.2. The van der Waals surface area contributed by atoms with Gasteiger partial charge in [0.15, 0.2) is 5.82 Å². The average Bonchev–Trinajstić information content (AvgIpc) is 2.84. The molecule has 5 heteroatoms. The molecule has 0 radical (unpaired) electrons. The molecule has 88 valence electrons. The van der Waals surface area contributed by atoms with Gasteiger partial charge >= 0.3 is 0 Å². The molecule has 3 rings (SSSR count). The van der Waals surface area contributed by atoms with Crippen molar-refractivity contribution in [3.63, 3.8) is 0 Å². The number of aryl methyl sites for hydroxylation is 1. The van der Waals surface area contributed by atoms with Crippen LogP contribution in [0.3, 0.4) is 0 Å². The van der Waals surface area contributed by atoms with Gasteiger partial charge in [-0.15, -0.1) is 0 Å². The highest BCUT2D eigenvalue weighted by Crippen LogP contribution is 2.40. The van der Waals surface area contributed by atoms with Crippen molar-refractivity contribution in [1.29, 1.82) is 0 Å². The molecule has 2 fully saturated rings. The SMILES string of the molecule is Cc1noc(C23CCN(C)CC2CNC3)n1. The molecular weight excluding hydrogens is 204 g/mol. The van der Waals surface area contributed by atoms with Crippen LogP contribution in [0, 0.1) is 12.8 Å². The normalized spacial score (nSPS) is 35.2. The number of rotatable bonds is 1. The van der Waals surface area contributed by atoms with Gasteiger partial charge in [0.25, 0.3) is 0 Å². The maximum Gasteiger partial charge on any atom is 0.234 e. The molecule has 0 bridgehead atoms. The summed E-state index contributed by atoms with van der Waals surface area (Å²) in [7, 11) is 2.18. The summed E-state index contributed by atoms with van der Waals surface area (Å²) in [6.45, 7) is 6.16. The number of likely N-dealkylation sites (tertiary alicyclic amines) is 1. The molecule has 0 aliphatic carbocycles. The van der Waals surface area contributed by atoms with Crippen molar-refractivity contribution in [2.45, 2.75) is 18.8 Å². The molecule has 2 atom stereocenters. The molecule has 1 aromatic rings. The molecule has 2 aliphatic heterocycles. The Kier molecular flexibility index (Phi) is 2.26. The first-order valence-electron chi connectivity index (χ1n) is 5.91. The van der Waals surface area contributed by atoms with Crippen molar-refractivity contribution in [1.82, 2.24) is 20.4 Å². The summed E-state index contributed by atoms with van der Waals surface area (Å²) in [6, 6.07) is 0. The molecule has 16 heavy (non-hydrogen) atoms. The molecule has 5 nitrogen and oxygen atoms in total. The number of hydrogen-bond donors (Lipinski definition) is 1. The maximum atomic E-state index is 5.42. The summed E-state index contributed by atoms with van der Waals surface area (Å²) in [5.41, 5.74) is 0.0910. The maximum absolute atomic E-state index is 5.42. The van der Waals surface area contributed by atoms with E-state index in [1.165, 1.54) is 0 Å². The quantitative estimate of drug-likeness (QED) is 0.734. The largest absolute Gasteiger partial charge is 0.339 e. The third-order valence-corrected chi connectivity index (χ3v) is 4.04. The standard InChI is InChI=1S/C11H18N4O/c1-8-13-10(16-14-8)11-3-4-15(2)6-9(11)5-12-7-11/h9,12H,3-7H2,1-2H3. The van der Waals surface area contributed by atoms with Crippen LogP contribution in [0.5, 0.6) is 0 Å². The summed E-state index contributed by atoms with van der Waals surface area (Å²) in [5.74, 6) is 2.19. The molecule has 0 saturated carbocycles. The van der Waals surface area contributed by atoms with Crippen LogP contribution in [0.1, 0.15) is 18.1 Å². The number of nitrogens with zero attached hydrogens (tertiary/aromatic N) is 3. The molecule has 2 unspecified atom stereocenters. The number of hydrogen-bond acceptors (Lipinski definition) is 5. The Balaban J connectivity index is 1.96. The average molecular weight is 222 g/mol. The highest BCUT2D eigenvalue weighted by molar-refractivity contribution is 5.16. The second-order valence-electron chi connectivity index (χ2n) is 5.14. The first-order chi connectivity index (χ1) is 7.71. The van der Waals surface area contributed by atoms with Gasteiger partial charge in [-0.05, 0) is 32.9 Å². The number of fused-ring (bicyclic) bond motifs is 1. The van der Waals surface area contributed by atoms with Gasteiger partial charge in [0.2, 0.25) is 5.89 Å². The Hall–Kier alpha value is -0.940. The van der Waals surface area contributed by atoms with Gasteiger partial charge in [-0.2, -0.15) is 4.98 Å². The molecule has 0 aromatic carbocycles. The van der Waals surface area contributed by atoms with Crippen molar-refractivity contribution >= 4 is 0 Å². The fraction of sp³-hybridized carbons (Fsp3) is 0.818. The Morgan fingerprint density at radius 2 is 2.44 bits per heavy atom. The van der Waals surface area contributed by atoms with Crippen LogP contribution < -0.4 is 5.32 Å². The topological polar surface area (TPSA) is 54.2 Å². The summed E-state index contributed by atoms with van der Waals surface area (Å²) < 4.78 is 5.42. The fourth-order valence-electron chi connectivity index (χ4n) is 3.06. The lowest BCUT2D eigenvalue weighted by molar-refractivity contribution is 0.118. The zero-order chi connectivity index (χ0) is 11.2. The number of piperidine rings is 1. The summed E-state index contributed by atoms with van der Waals surface area (Å²) in [5, 5.41) is 7.42. The Bertz CT molecular complexity index is 391. The van der Waals surface area contributed by atoms with Crippen molar-refractivity contribution in [2.75, 3.05) is 33.2 Å². The van der Waals surface area contributed by atoms with E-state index >= 15 is 0 Å². The van der Waals surface area contributed by atoms with Crippen LogP contribution in [0.25, 0.3) is 0 Å². The summed E-state index contributed by atoms with van der Waals surface area (Å²) in [6.07, 6.45) is 1.11. The van der Waals surface area contributed by atoms with Gasteiger partial charge in [0.1, 0.15) is 0 Å². The molecule has 1 aromatic heterocycles. The zero-order valence-electron chi connectivity index (χ0n) is 9.86. The van der Waals surface area contributed by atoms with E-state index in [9.17, 15) is 0 Å². The fourth-order valence-corrected chi connectivity index (χ4v) is 3.06. The first-order valence-corrected chi connectivity index (χ1v) is 5.91. The Morgan fingerprint density at radius 1 is 1.56 bits per heavy atom. The summed E-state index contributed by atoms with van der Waals surface area (Å²) in [4.78, 5) is 6.84. The van der Waals surface area contributed by atoms with Crippen LogP contribution in [-0.4, -0.2) is 48.3 Å². The minimum Gasteiger partial charge on any atom is -0.339 e. The lowest BCUT2D eigenvalue weighted by Crippen LogP contribution is -2.48. The van der Waals surface area contributed by atoms with E-state index in [-0.39, 0.29) is 5.41 Å². The van der Waals surface area contributed by atoms with E-state index < -0.39 is 0 Å². The minimum absolute atomic E-state index is 0.0910. The van der Waals surface area contributed by atoms with Crippen molar-refractivity contribution in [2.24, 2.45) is 5.92 Å². The van der Waals surface area contributed by atoms with Crippen LogP contribution in [0.4, 0.5) is 0 Å². The lowest BCUT2D eigenvalue weighted by Gasteiger charge is -2.39.